The minimum atomic E-state index is -0.0831. The van der Waals surface area contributed by atoms with Crippen molar-refractivity contribution < 1.29 is 9.53 Å². The zero-order valence-electron chi connectivity index (χ0n) is 13.9. The van der Waals surface area contributed by atoms with Gasteiger partial charge in [-0.1, -0.05) is 24.3 Å². The number of rotatable bonds is 2. The molecule has 0 spiro atoms. The van der Waals surface area contributed by atoms with Crippen LogP contribution in [0.3, 0.4) is 0 Å². The molecule has 2 heterocycles. The summed E-state index contributed by atoms with van der Waals surface area (Å²) in [6.45, 7) is 3.87. The average Bonchev–Trinajstić information content (AvgIpc) is 3.07. The predicted octanol–water partition coefficient (Wildman–Crippen LogP) is 3.47. The highest BCUT2D eigenvalue weighted by molar-refractivity contribution is 7.09. The number of aromatic nitrogens is 1. The number of ether oxygens (including phenoxy) is 1. The van der Waals surface area contributed by atoms with Gasteiger partial charge in [0.25, 0.3) is 0 Å². The van der Waals surface area contributed by atoms with Gasteiger partial charge < -0.3 is 9.64 Å². The number of thiazole rings is 1. The summed E-state index contributed by atoms with van der Waals surface area (Å²) in [6.07, 6.45) is 3.05. The minimum Gasteiger partial charge on any atom is -0.367 e. The number of carbonyl (C=O) groups is 1. The molecule has 0 unspecified atom stereocenters. The molecule has 0 bridgehead atoms. The van der Waals surface area contributed by atoms with E-state index in [-0.39, 0.29) is 17.9 Å². The first-order valence-electron chi connectivity index (χ1n) is 8.62. The number of nitrogens with zero attached hydrogens (tertiary/aromatic N) is 2. The first-order chi connectivity index (χ1) is 11.7. The minimum absolute atomic E-state index is 0.00623. The lowest BCUT2D eigenvalue weighted by Crippen LogP contribution is -2.44. The Kier molecular flexibility index (Phi) is 4.37. The highest BCUT2D eigenvalue weighted by Crippen LogP contribution is 2.34. The Morgan fingerprint density at radius 1 is 1.38 bits per heavy atom. The molecular formula is C19H22N2O2S. The molecule has 126 valence electrons. The molecule has 1 aliphatic carbocycles. The van der Waals surface area contributed by atoms with Crippen LogP contribution >= 0.6 is 11.3 Å². The maximum Gasteiger partial charge on any atom is 0.230 e. The van der Waals surface area contributed by atoms with E-state index in [4.69, 9.17) is 4.74 Å². The van der Waals surface area contributed by atoms with Crippen LogP contribution in [0, 0.1) is 6.92 Å². The molecule has 2 atom stereocenters. The molecule has 4 rings (SSSR count). The quantitative estimate of drug-likeness (QED) is 0.839. The van der Waals surface area contributed by atoms with Gasteiger partial charge >= 0.3 is 0 Å². The van der Waals surface area contributed by atoms with Crippen LogP contribution in [0.25, 0.3) is 0 Å². The van der Waals surface area contributed by atoms with Gasteiger partial charge in [0.15, 0.2) is 0 Å². The second-order valence-electron chi connectivity index (χ2n) is 6.61. The van der Waals surface area contributed by atoms with Crippen molar-refractivity contribution in [1.82, 2.24) is 9.88 Å². The monoisotopic (exact) mass is 342 g/mol. The van der Waals surface area contributed by atoms with Crippen LogP contribution in [-0.4, -0.2) is 35.5 Å². The normalized spacial score (nSPS) is 23.8. The van der Waals surface area contributed by atoms with Crippen LogP contribution in [0.4, 0.5) is 0 Å². The third kappa shape index (κ3) is 2.98. The molecule has 2 aliphatic rings. The zero-order chi connectivity index (χ0) is 16.5. The van der Waals surface area contributed by atoms with E-state index in [1.807, 2.05) is 23.3 Å². The van der Waals surface area contributed by atoms with Crippen molar-refractivity contribution in [2.45, 2.75) is 38.2 Å². The number of morpholine rings is 1. The summed E-state index contributed by atoms with van der Waals surface area (Å²) in [5.41, 5.74) is 3.58. The third-order valence-corrected chi connectivity index (χ3v) is 6.01. The SMILES string of the molecule is Cc1csc([C@H]2CN(C(=O)[C@@H]3CCCc4ccccc43)CCO2)n1. The largest absolute Gasteiger partial charge is 0.367 e. The van der Waals surface area contributed by atoms with Crippen molar-refractivity contribution in [3.63, 3.8) is 0 Å². The fourth-order valence-electron chi connectivity index (χ4n) is 3.75. The van der Waals surface area contributed by atoms with Gasteiger partial charge in [0, 0.05) is 17.6 Å². The van der Waals surface area contributed by atoms with Crippen molar-refractivity contribution in [3.05, 3.63) is 51.5 Å². The van der Waals surface area contributed by atoms with Gasteiger partial charge in [-0.3, -0.25) is 4.79 Å². The van der Waals surface area contributed by atoms with Crippen LogP contribution < -0.4 is 0 Å². The van der Waals surface area contributed by atoms with E-state index in [9.17, 15) is 4.79 Å². The Morgan fingerprint density at radius 3 is 3.08 bits per heavy atom. The highest BCUT2D eigenvalue weighted by atomic mass is 32.1. The molecule has 0 radical (unpaired) electrons. The van der Waals surface area contributed by atoms with E-state index in [0.29, 0.717) is 19.7 Å². The Morgan fingerprint density at radius 2 is 2.25 bits per heavy atom. The number of aryl methyl sites for hydroxylation is 2. The topological polar surface area (TPSA) is 42.4 Å². The number of hydrogen-bond donors (Lipinski definition) is 0. The van der Waals surface area contributed by atoms with Gasteiger partial charge in [-0.25, -0.2) is 4.98 Å². The average molecular weight is 342 g/mol. The smallest absolute Gasteiger partial charge is 0.230 e. The fraction of sp³-hybridized carbons (Fsp3) is 0.474. The van der Waals surface area contributed by atoms with E-state index in [0.717, 1.165) is 30.0 Å². The first-order valence-corrected chi connectivity index (χ1v) is 9.50. The Labute approximate surface area is 146 Å². The van der Waals surface area contributed by atoms with Crippen LogP contribution in [0.1, 0.15) is 46.7 Å². The summed E-state index contributed by atoms with van der Waals surface area (Å²) in [6, 6.07) is 8.40. The van der Waals surface area contributed by atoms with E-state index in [1.54, 1.807) is 11.3 Å². The Balaban J connectivity index is 1.52. The molecule has 4 nitrogen and oxygen atoms in total. The lowest BCUT2D eigenvalue weighted by Gasteiger charge is -2.36. The zero-order valence-corrected chi connectivity index (χ0v) is 14.7. The fourth-order valence-corrected chi connectivity index (χ4v) is 4.58. The van der Waals surface area contributed by atoms with Crippen molar-refractivity contribution in [3.8, 4) is 0 Å². The number of hydrogen-bond acceptors (Lipinski definition) is 4. The highest BCUT2D eigenvalue weighted by Gasteiger charge is 2.33. The molecule has 0 N–H and O–H groups in total. The molecule has 1 aliphatic heterocycles. The van der Waals surface area contributed by atoms with E-state index in [2.05, 4.69) is 23.2 Å². The molecule has 24 heavy (non-hydrogen) atoms. The number of benzene rings is 1. The Hall–Kier alpha value is -1.72. The molecule has 1 aromatic heterocycles. The molecule has 1 fully saturated rings. The third-order valence-electron chi connectivity index (χ3n) is 4.96. The molecule has 0 saturated carbocycles. The van der Waals surface area contributed by atoms with Crippen LogP contribution in [-0.2, 0) is 16.0 Å². The van der Waals surface area contributed by atoms with Crippen molar-refractivity contribution >= 4 is 17.2 Å². The summed E-state index contributed by atoms with van der Waals surface area (Å²) in [5, 5.41) is 3.02. The molecule has 1 saturated heterocycles. The van der Waals surface area contributed by atoms with Gasteiger partial charge in [0.1, 0.15) is 11.1 Å². The number of amides is 1. The maximum atomic E-state index is 13.2. The second kappa shape index (κ2) is 6.65. The van der Waals surface area contributed by atoms with E-state index in [1.165, 1.54) is 11.1 Å². The predicted molar refractivity (Wildman–Crippen MR) is 94.2 cm³/mol. The number of fused-ring (bicyclic) bond motifs is 1. The molecule has 1 aromatic carbocycles. The van der Waals surface area contributed by atoms with E-state index >= 15 is 0 Å². The lowest BCUT2D eigenvalue weighted by molar-refractivity contribution is -0.141. The number of carbonyl (C=O) groups excluding carboxylic acids is 1. The first kappa shape index (κ1) is 15.8. The molecule has 2 aromatic rings. The van der Waals surface area contributed by atoms with Gasteiger partial charge in [-0.2, -0.15) is 0 Å². The summed E-state index contributed by atoms with van der Waals surface area (Å²) >= 11 is 1.62. The lowest BCUT2D eigenvalue weighted by atomic mass is 9.82. The van der Waals surface area contributed by atoms with Crippen molar-refractivity contribution in [2.75, 3.05) is 19.7 Å². The van der Waals surface area contributed by atoms with Crippen LogP contribution in [0.2, 0.25) is 0 Å². The summed E-state index contributed by atoms with van der Waals surface area (Å²) in [5.74, 6) is 0.260. The van der Waals surface area contributed by atoms with Gasteiger partial charge in [-0.05, 0) is 37.3 Å². The van der Waals surface area contributed by atoms with Crippen LogP contribution in [0.5, 0.6) is 0 Å². The maximum absolute atomic E-state index is 13.2. The van der Waals surface area contributed by atoms with Gasteiger partial charge in [0.2, 0.25) is 5.91 Å². The summed E-state index contributed by atoms with van der Waals surface area (Å²) < 4.78 is 5.87. The van der Waals surface area contributed by atoms with Gasteiger partial charge in [0.05, 0.1) is 19.1 Å². The van der Waals surface area contributed by atoms with E-state index < -0.39 is 0 Å². The van der Waals surface area contributed by atoms with Crippen molar-refractivity contribution in [2.24, 2.45) is 0 Å². The Bertz CT molecular complexity index is 742. The van der Waals surface area contributed by atoms with Crippen molar-refractivity contribution in [1.29, 1.82) is 0 Å². The second-order valence-corrected chi connectivity index (χ2v) is 7.50. The molecular weight excluding hydrogens is 320 g/mol. The standard InChI is InChI=1S/C19H22N2O2S/c1-13-12-24-18(20-13)17-11-21(9-10-23-17)19(22)16-8-4-6-14-5-2-3-7-15(14)16/h2-3,5,7,12,16-17H,4,6,8-11H2,1H3/t16-,17-/m1/s1. The molecule has 1 amide bonds. The van der Waals surface area contributed by atoms with Crippen LogP contribution in [0.15, 0.2) is 29.6 Å². The van der Waals surface area contributed by atoms with Gasteiger partial charge in [-0.15, -0.1) is 11.3 Å². The summed E-state index contributed by atoms with van der Waals surface area (Å²) in [4.78, 5) is 19.7. The summed E-state index contributed by atoms with van der Waals surface area (Å²) in [7, 11) is 0. The molecule has 5 heteroatoms.